The number of nitrogens with two attached hydrogens (primary N) is 1. The standard InChI is InChI=1S/C13H16BrN3O2/c1-8(15)5-10-6-11(3-4-12(10)14)18-7-13-16-9(2)17-19-13/h3-4,6,8H,5,7,15H2,1-2H3. The Morgan fingerprint density at radius 3 is 2.89 bits per heavy atom. The Labute approximate surface area is 120 Å². The van der Waals surface area contributed by atoms with E-state index in [1.54, 1.807) is 6.92 Å². The van der Waals surface area contributed by atoms with Gasteiger partial charge in [-0.1, -0.05) is 21.1 Å². The molecular formula is C13H16BrN3O2. The molecule has 0 saturated carbocycles. The van der Waals surface area contributed by atoms with E-state index >= 15 is 0 Å². The summed E-state index contributed by atoms with van der Waals surface area (Å²) in [5.41, 5.74) is 6.94. The molecule has 19 heavy (non-hydrogen) atoms. The minimum atomic E-state index is 0.102. The molecule has 2 rings (SSSR count). The summed E-state index contributed by atoms with van der Waals surface area (Å²) >= 11 is 3.51. The molecule has 1 atom stereocenters. The second-order valence-corrected chi connectivity index (χ2v) is 5.31. The first-order valence-corrected chi connectivity index (χ1v) is 6.80. The van der Waals surface area contributed by atoms with Crippen molar-refractivity contribution in [1.29, 1.82) is 0 Å². The van der Waals surface area contributed by atoms with Crippen LogP contribution in [0.4, 0.5) is 0 Å². The molecule has 0 fully saturated rings. The van der Waals surface area contributed by atoms with Crippen LogP contribution in [0.1, 0.15) is 24.2 Å². The van der Waals surface area contributed by atoms with Gasteiger partial charge in [0, 0.05) is 10.5 Å². The fourth-order valence-corrected chi connectivity index (χ4v) is 2.10. The summed E-state index contributed by atoms with van der Waals surface area (Å²) in [5, 5.41) is 3.71. The first-order chi connectivity index (χ1) is 9.04. The maximum atomic E-state index is 5.82. The zero-order chi connectivity index (χ0) is 13.8. The van der Waals surface area contributed by atoms with Gasteiger partial charge in [-0.3, -0.25) is 0 Å². The van der Waals surface area contributed by atoms with Crippen LogP contribution >= 0.6 is 15.9 Å². The number of nitrogens with zero attached hydrogens (tertiary/aromatic N) is 2. The number of benzene rings is 1. The predicted molar refractivity (Wildman–Crippen MR) is 74.9 cm³/mol. The number of hydrogen-bond donors (Lipinski definition) is 1. The number of hydrogen-bond acceptors (Lipinski definition) is 5. The maximum absolute atomic E-state index is 5.82. The molecule has 0 aliphatic rings. The summed E-state index contributed by atoms with van der Waals surface area (Å²) in [7, 11) is 0. The van der Waals surface area contributed by atoms with E-state index in [1.807, 2.05) is 25.1 Å². The highest BCUT2D eigenvalue weighted by Gasteiger charge is 2.07. The summed E-state index contributed by atoms with van der Waals surface area (Å²) in [6.45, 7) is 4.01. The van der Waals surface area contributed by atoms with Crippen molar-refractivity contribution in [1.82, 2.24) is 10.1 Å². The predicted octanol–water partition coefficient (Wildman–Crippen LogP) is 2.61. The van der Waals surface area contributed by atoms with Gasteiger partial charge in [0.25, 0.3) is 5.89 Å². The second-order valence-electron chi connectivity index (χ2n) is 4.46. The molecule has 2 N–H and O–H groups in total. The van der Waals surface area contributed by atoms with Crippen molar-refractivity contribution in [3.63, 3.8) is 0 Å². The van der Waals surface area contributed by atoms with Crippen molar-refractivity contribution in [2.24, 2.45) is 5.73 Å². The first kappa shape index (κ1) is 14.0. The zero-order valence-corrected chi connectivity index (χ0v) is 12.5. The maximum Gasteiger partial charge on any atom is 0.264 e. The van der Waals surface area contributed by atoms with E-state index in [9.17, 15) is 0 Å². The highest BCUT2D eigenvalue weighted by atomic mass is 79.9. The van der Waals surface area contributed by atoms with Crippen LogP contribution in [0.3, 0.4) is 0 Å². The Morgan fingerprint density at radius 2 is 2.26 bits per heavy atom. The van der Waals surface area contributed by atoms with Crippen LogP contribution in [0, 0.1) is 6.92 Å². The van der Waals surface area contributed by atoms with Gasteiger partial charge in [-0.25, -0.2) is 0 Å². The normalized spacial score (nSPS) is 12.4. The van der Waals surface area contributed by atoms with Crippen LogP contribution in [0.5, 0.6) is 5.75 Å². The van der Waals surface area contributed by atoms with E-state index in [1.165, 1.54) is 0 Å². The lowest BCUT2D eigenvalue weighted by Gasteiger charge is -2.10. The van der Waals surface area contributed by atoms with E-state index in [0.29, 0.717) is 11.7 Å². The van der Waals surface area contributed by atoms with Crippen LogP contribution < -0.4 is 10.5 Å². The van der Waals surface area contributed by atoms with Gasteiger partial charge in [0.2, 0.25) is 0 Å². The van der Waals surface area contributed by atoms with E-state index in [2.05, 4.69) is 26.1 Å². The van der Waals surface area contributed by atoms with E-state index in [4.69, 9.17) is 15.0 Å². The van der Waals surface area contributed by atoms with Gasteiger partial charge in [-0.05, 0) is 44.0 Å². The summed E-state index contributed by atoms with van der Waals surface area (Å²) < 4.78 is 11.6. The molecule has 1 unspecified atom stereocenters. The van der Waals surface area contributed by atoms with E-state index in [-0.39, 0.29) is 12.6 Å². The third-order valence-electron chi connectivity index (χ3n) is 2.49. The lowest BCUT2D eigenvalue weighted by atomic mass is 10.1. The average Bonchev–Trinajstić information content (AvgIpc) is 2.75. The fourth-order valence-electron chi connectivity index (χ4n) is 1.69. The molecule has 0 saturated heterocycles. The first-order valence-electron chi connectivity index (χ1n) is 6.00. The highest BCUT2D eigenvalue weighted by Crippen LogP contribution is 2.24. The smallest absolute Gasteiger partial charge is 0.264 e. The Kier molecular flexibility index (Phi) is 4.55. The molecule has 6 heteroatoms. The molecule has 0 aliphatic carbocycles. The quantitative estimate of drug-likeness (QED) is 0.914. The Bertz CT molecular complexity index is 555. The molecule has 5 nitrogen and oxygen atoms in total. The third-order valence-corrected chi connectivity index (χ3v) is 3.26. The molecule has 0 radical (unpaired) electrons. The molecule has 0 spiro atoms. The lowest BCUT2D eigenvalue weighted by molar-refractivity contribution is 0.242. The molecule has 0 aliphatic heterocycles. The summed E-state index contributed by atoms with van der Waals surface area (Å²) in [4.78, 5) is 4.08. The van der Waals surface area contributed by atoms with Crippen molar-refractivity contribution in [3.8, 4) is 5.75 Å². The highest BCUT2D eigenvalue weighted by molar-refractivity contribution is 9.10. The SMILES string of the molecule is Cc1noc(COc2ccc(Br)c(CC(C)N)c2)n1. The lowest BCUT2D eigenvalue weighted by Crippen LogP contribution is -2.18. The summed E-state index contributed by atoms with van der Waals surface area (Å²) in [6, 6.07) is 5.91. The minimum absolute atomic E-state index is 0.102. The number of aromatic nitrogens is 2. The van der Waals surface area contributed by atoms with Gasteiger partial charge in [0.15, 0.2) is 12.4 Å². The van der Waals surface area contributed by atoms with Gasteiger partial charge in [0.1, 0.15) is 5.75 Å². The van der Waals surface area contributed by atoms with Crippen LogP contribution in [-0.4, -0.2) is 16.2 Å². The number of ether oxygens (including phenoxy) is 1. The topological polar surface area (TPSA) is 74.2 Å². The van der Waals surface area contributed by atoms with Gasteiger partial charge in [-0.15, -0.1) is 0 Å². The number of rotatable bonds is 5. The average molecular weight is 326 g/mol. The second kappa shape index (κ2) is 6.16. The van der Waals surface area contributed by atoms with Gasteiger partial charge in [0.05, 0.1) is 0 Å². The zero-order valence-electron chi connectivity index (χ0n) is 10.9. The van der Waals surface area contributed by atoms with Crippen molar-refractivity contribution in [2.75, 3.05) is 0 Å². The van der Waals surface area contributed by atoms with Crippen molar-refractivity contribution in [2.45, 2.75) is 32.9 Å². The van der Waals surface area contributed by atoms with Crippen molar-refractivity contribution < 1.29 is 9.26 Å². The van der Waals surface area contributed by atoms with E-state index < -0.39 is 0 Å². The van der Waals surface area contributed by atoms with Crippen LogP contribution in [0.2, 0.25) is 0 Å². The van der Waals surface area contributed by atoms with Gasteiger partial charge < -0.3 is 15.0 Å². The molecular weight excluding hydrogens is 310 g/mol. The molecule has 102 valence electrons. The summed E-state index contributed by atoms with van der Waals surface area (Å²) in [5.74, 6) is 1.83. The molecule has 1 heterocycles. The molecule has 0 amide bonds. The minimum Gasteiger partial charge on any atom is -0.484 e. The molecule has 0 bridgehead atoms. The Hall–Kier alpha value is -1.40. The summed E-state index contributed by atoms with van der Waals surface area (Å²) in [6.07, 6.45) is 0.789. The Balaban J connectivity index is 2.04. The van der Waals surface area contributed by atoms with E-state index in [0.717, 1.165) is 22.2 Å². The van der Waals surface area contributed by atoms with Crippen LogP contribution in [0.15, 0.2) is 27.2 Å². The molecule has 1 aromatic heterocycles. The Morgan fingerprint density at radius 1 is 1.47 bits per heavy atom. The van der Waals surface area contributed by atoms with Crippen molar-refractivity contribution in [3.05, 3.63) is 40.0 Å². The van der Waals surface area contributed by atoms with Crippen LogP contribution in [-0.2, 0) is 13.0 Å². The molecule has 2 aromatic rings. The van der Waals surface area contributed by atoms with Gasteiger partial charge in [-0.2, -0.15) is 4.98 Å². The monoisotopic (exact) mass is 325 g/mol. The van der Waals surface area contributed by atoms with Crippen LogP contribution in [0.25, 0.3) is 0 Å². The van der Waals surface area contributed by atoms with Gasteiger partial charge >= 0.3 is 0 Å². The number of halogens is 1. The number of aryl methyl sites for hydroxylation is 1. The fraction of sp³-hybridized carbons (Fsp3) is 0.385. The molecule has 1 aromatic carbocycles. The van der Waals surface area contributed by atoms with Crippen molar-refractivity contribution >= 4 is 15.9 Å². The third kappa shape index (κ3) is 4.04. The largest absolute Gasteiger partial charge is 0.484 e.